The van der Waals surface area contributed by atoms with Gasteiger partial charge in [0.15, 0.2) is 0 Å². The maximum Gasteiger partial charge on any atom is 0.139 e. The van der Waals surface area contributed by atoms with Gasteiger partial charge in [-0.25, -0.2) is 9.37 Å². The van der Waals surface area contributed by atoms with Crippen molar-refractivity contribution in [1.82, 2.24) is 9.55 Å². The summed E-state index contributed by atoms with van der Waals surface area (Å²) in [5.74, 6) is 1.18. The Morgan fingerprint density at radius 1 is 1.38 bits per heavy atom. The predicted octanol–water partition coefficient (Wildman–Crippen LogP) is 5.67. The van der Waals surface area contributed by atoms with E-state index in [0.717, 1.165) is 23.4 Å². The molecule has 0 spiro atoms. The number of halogens is 3. The van der Waals surface area contributed by atoms with Crippen molar-refractivity contribution in [2.24, 2.45) is 11.3 Å². The van der Waals surface area contributed by atoms with Crippen molar-refractivity contribution in [3.63, 3.8) is 0 Å². The Hall–Kier alpha value is -0.610. The summed E-state index contributed by atoms with van der Waals surface area (Å²) in [4.78, 5) is 4.62. The van der Waals surface area contributed by atoms with Crippen LogP contribution in [0.25, 0.3) is 11.0 Å². The quantitative estimate of drug-likeness (QED) is 0.631. The molecule has 0 bridgehead atoms. The standard InChI is InChI=1S/C16H19BrClFN2/c1-9(2)16(4-5-16)8-21-14-7-12(19)11(17)6-13(14)20-15(21)10(3)18/h6-7,9-10H,4-5,8H2,1-3H3. The van der Waals surface area contributed by atoms with Crippen LogP contribution in [-0.2, 0) is 6.54 Å². The van der Waals surface area contributed by atoms with Gasteiger partial charge in [0, 0.05) is 12.6 Å². The molecule has 0 N–H and O–H groups in total. The van der Waals surface area contributed by atoms with Gasteiger partial charge in [0.05, 0.1) is 20.9 Å². The molecule has 1 saturated carbocycles. The van der Waals surface area contributed by atoms with Crippen LogP contribution in [0.1, 0.15) is 44.8 Å². The van der Waals surface area contributed by atoms with Gasteiger partial charge in [0.1, 0.15) is 11.6 Å². The average molecular weight is 374 g/mol. The van der Waals surface area contributed by atoms with E-state index in [2.05, 4.69) is 39.3 Å². The molecular formula is C16H19BrClFN2. The van der Waals surface area contributed by atoms with Crippen LogP contribution in [0.4, 0.5) is 4.39 Å². The van der Waals surface area contributed by atoms with Crippen LogP contribution in [0.3, 0.4) is 0 Å². The van der Waals surface area contributed by atoms with Crippen LogP contribution in [0.2, 0.25) is 0 Å². The molecule has 1 atom stereocenters. The summed E-state index contributed by atoms with van der Waals surface area (Å²) in [6, 6.07) is 3.30. The van der Waals surface area contributed by atoms with Crippen molar-refractivity contribution in [3.8, 4) is 0 Å². The minimum Gasteiger partial charge on any atom is -0.326 e. The average Bonchev–Trinajstić information content (AvgIpc) is 3.11. The van der Waals surface area contributed by atoms with E-state index in [0.29, 0.717) is 15.8 Å². The molecule has 1 aliphatic carbocycles. The molecule has 1 aliphatic rings. The molecule has 2 nitrogen and oxygen atoms in total. The number of alkyl halides is 1. The van der Waals surface area contributed by atoms with E-state index in [9.17, 15) is 4.39 Å². The molecule has 0 saturated heterocycles. The van der Waals surface area contributed by atoms with Crippen molar-refractivity contribution in [2.45, 2.75) is 45.5 Å². The van der Waals surface area contributed by atoms with Gasteiger partial charge >= 0.3 is 0 Å². The smallest absolute Gasteiger partial charge is 0.139 e. The van der Waals surface area contributed by atoms with Crippen LogP contribution in [0.15, 0.2) is 16.6 Å². The van der Waals surface area contributed by atoms with E-state index in [4.69, 9.17) is 11.6 Å². The largest absolute Gasteiger partial charge is 0.326 e. The number of nitrogens with zero attached hydrogens (tertiary/aromatic N) is 2. The molecule has 1 aromatic heterocycles. The number of aromatic nitrogens is 2. The predicted molar refractivity (Wildman–Crippen MR) is 88.2 cm³/mol. The van der Waals surface area contributed by atoms with Crippen LogP contribution >= 0.6 is 27.5 Å². The Bertz CT molecular complexity index is 689. The van der Waals surface area contributed by atoms with Gasteiger partial charge < -0.3 is 4.57 Å². The molecule has 3 rings (SSSR count). The third-order valence-electron chi connectivity index (χ3n) is 4.77. The molecule has 5 heteroatoms. The van der Waals surface area contributed by atoms with Gasteiger partial charge in [-0.05, 0) is 53.1 Å². The van der Waals surface area contributed by atoms with Gasteiger partial charge in [-0.1, -0.05) is 13.8 Å². The van der Waals surface area contributed by atoms with Gasteiger partial charge in [0.2, 0.25) is 0 Å². The summed E-state index contributed by atoms with van der Waals surface area (Å²) >= 11 is 9.53. The number of fused-ring (bicyclic) bond motifs is 1. The van der Waals surface area contributed by atoms with E-state index in [-0.39, 0.29) is 11.2 Å². The summed E-state index contributed by atoms with van der Waals surface area (Å²) in [5.41, 5.74) is 1.95. The normalized spacial score (nSPS) is 18.4. The van der Waals surface area contributed by atoms with Crippen LogP contribution < -0.4 is 0 Å². The zero-order valence-corrected chi connectivity index (χ0v) is 14.8. The molecule has 1 aromatic carbocycles. The maximum atomic E-state index is 13.9. The van der Waals surface area contributed by atoms with E-state index >= 15 is 0 Å². The third-order valence-corrected chi connectivity index (χ3v) is 5.57. The number of hydrogen-bond acceptors (Lipinski definition) is 1. The van der Waals surface area contributed by atoms with E-state index < -0.39 is 0 Å². The lowest BCUT2D eigenvalue weighted by Gasteiger charge is -2.22. The zero-order valence-electron chi connectivity index (χ0n) is 12.5. The van der Waals surface area contributed by atoms with Gasteiger partial charge in [0.25, 0.3) is 0 Å². The first-order chi connectivity index (χ1) is 9.84. The topological polar surface area (TPSA) is 17.8 Å². The monoisotopic (exact) mass is 372 g/mol. The molecule has 1 unspecified atom stereocenters. The van der Waals surface area contributed by atoms with Gasteiger partial charge in [-0.2, -0.15) is 0 Å². The zero-order chi connectivity index (χ0) is 15.4. The van der Waals surface area contributed by atoms with Crippen LogP contribution in [0.5, 0.6) is 0 Å². The number of hydrogen-bond donors (Lipinski definition) is 0. The highest BCUT2D eigenvalue weighted by molar-refractivity contribution is 9.10. The first-order valence-electron chi connectivity index (χ1n) is 7.33. The molecule has 0 aliphatic heterocycles. The number of benzene rings is 1. The second-order valence-corrected chi connectivity index (χ2v) is 7.95. The summed E-state index contributed by atoms with van der Waals surface area (Å²) in [7, 11) is 0. The minimum atomic E-state index is -0.258. The lowest BCUT2D eigenvalue weighted by Crippen LogP contribution is -2.19. The van der Waals surface area contributed by atoms with E-state index in [1.165, 1.54) is 12.8 Å². The maximum absolute atomic E-state index is 13.9. The van der Waals surface area contributed by atoms with Crippen LogP contribution in [-0.4, -0.2) is 9.55 Å². The van der Waals surface area contributed by atoms with E-state index in [1.54, 1.807) is 12.1 Å². The van der Waals surface area contributed by atoms with Crippen molar-refractivity contribution in [2.75, 3.05) is 0 Å². The first kappa shape index (κ1) is 15.3. The fraction of sp³-hybridized carbons (Fsp3) is 0.562. The van der Waals surface area contributed by atoms with Crippen LogP contribution in [0, 0.1) is 17.2 Å². The fourth-order valence-electron chi connectivity index (χ4n) is 3.00. The second-order valence-electron chi connectivity index (χ2n) is 6.44. The molecule has 1 heterocycles. The molecular weight excluding hydrogens is 355 g/mol. The Balaban J connectivity index is 2.14. The SMILES string of the molecule is CC(Cl)c1nc2cc(Br)c(F)cc2n1CC1(C(C)C)CC1. The Morgan fingerprint density at radius 3 is 2.57 bits per heavy atom. The van der Waals surface area contributed by atoms with Crippen molar-refractivity contribution in [1.29, 1.82) is 0 Å². The lowest BCUT2D eigenvalue weighted by atomic mass is 9.92. The minimum absolute atomic E-state index is 0.192. The number of rotatable bonds is 4. The van der Waals surface area contributed by atoms with Gasteiger partial charge in [-0.3, -0.25) is 0 Å². The Morgan fingerprint density at radius 2 is 2.05 bits per heavy atom. The molecule has 114 valence electrons. The summed E-state index contributed by atoms with van der Waals surface area (Å²) in [5, 5.41) is -0.192. The summed E-state index contributed by atoms with van der Waals surface area (Å²) in [6.45, 7) is 7.30. The molecule has 1 fully saturated rings. The van der Waals surface area contributed by atoms with Crippen molar-refractivity contribution in [3.05, 3.63) is 28.2 Å². The van der Waals surface area contributed by atoms with Crippen molar-refractivity contribution < 1.29 is 4.39 Å². The molecule has 2 aromatic rings. The van der Waals surface area contributed by atoms with Gasteiger partial charge in [-0.15, -0.1) is 11.6 Å². The highest BCUT2D eigenvalue weighted by Gasteiger charge is 2.46. The molecule has 21 heavy (non-hydrogen) atoms. The first-order valence-corrected chi connectivity index (χ1v) is 8.56. The lowest BCUT2D eigenvalue weighted by molar-refractivity contribution is 0.308. The molecule has 0 radical (unpaired) electrons. The summed E-state index contributed by atoms with van der Waals surface area (Å²) < 4.78 is 16.5. The van der Waals surface area contributed by atoms with E-state index in [1.807, 2.05) is 6.92 Å². The fourth-order valence-corrected chi connectivity index (χ4v) is 3.50. The second kappa shape index (κ2) is 5.24. The highest BCUT2D eigenvalue weighted by Crippen LogP contribution is 2.53. The Labute approximate surface area is 137 Å². The van der Waals surface area contributed by atoms with Crippen molar-refractivity contribution >= 4 is 38.6 Å². The number of imidazole rings is 1. The highest BCUT2D eigenvalue weighted by atomic mass is 79.9. The Kier molecular flexibility index (Phi) is 3.81. The summed E-state index contributed by atoms with van der Waals surface area (Å²) in [6.07, 6.45) is 2.44. The third kappa shape index (κ3) is 2.61. The molecule has 0 amide bonds.